The first kappa shape index (κ1) is 14.7. The number of carbonyl (C=O) groups excluding carboxylic acids is 1. The van der Waals surface area contributed by atoms with Gasteiger partial charge in [0.15, 0.2) is 0 Å². The van der Waals surface area contributed by atoms with Crippen molar-refractivity contribution in [2.24, 2.45) is 0 Å². The molecule has 0 heterocycles. The van der Waals surface area contributed by atoms with Gasteiger partial charge in [0.1, 0.15) is 6.29 Å². The Morgan fingerprint density at radius 2 is 1.85 bits per heavy atom. The van der Waals surface area contributed by atoms with Gasteiger partial charge in [0.25, 0.3) is 0 Å². The molecule has 0 unspecified atom stereocenters. The van der Waals surface area contributed by atoms with Crippen molar-refractivity contribution in [3.05, 3.63) is 23.8 Å². The molecule has 0 saturated carbocycles. The normalized spacial score (nSPS) is 12.8. The summed E-state index contributed by atoms with van der Waals surface area (Å²) in [6, 6.07) is 0. The molecule has 0 N–H and O–H groups in total. The van der Waals surface area contributed by atoms with E-state index in [-0.39, 0.29) is 0 Å². The topological polar surface area (TPSA) is 17.1 Å². The molecule has 0 amide bonds. The lowest BCUT2D eigenvalue weighted by atomic mass is 10.1. The summed E-state index contributed by atoms with van der Waals surface area (Å²) in [7, 11) is 0. The van der Waals surface area contributed by atoms with Crippen molar-refractivity contribution in [2.75, 3.05) is 0 Å². The van der Waals surface area contributed by atoms with Crippen LogP contribution in [0.4, 0.5) is 0 Å². The van der Waals surface area contributed by atoms with Crippen LogP contribution in [0, 0.1) is 0 Å². The second-order valence-electron chi connectivity index (χ2n) is 2.51. The summed E-state index contributed by atoms with van der Waals surface area (Å²) in [5.74, 6) is 0. The zero-order chi connectivity index (χ0) is 10.5. The Bertz CT molecular complexity index is 155. The van der Waals surface area contributed by atoms with E-state index in [9.17, 15) is 4.79 Å². The van der Waals surface area contributed by atoms with Crippen LogP contribution < -0.4 is 0 Å². The molecule has 0 aromatic carbocycles. The van der Waals surface area contributed by atoms with Crippen LogP contribution in [0.3, 0.4) is 0 Å². The van der Waals surface area contributed by atoms with Gasteiger partial charge in [-0.3, -0.25) is 4.79 Å². The van der Waals surface area contributed by atoms with E-state index in [0.29, 0.717) is 0 Å². The minimum absolute atomic E-state index is 0.816. The Balaban J connectivity index is 0. The van der Waals surface area contributed by atoms with Crippen LogP contribution in [0.2, 0.25) is 0 Å². The SMILES string of the molecule is CC.CCC.O=CC1=CCCC=C1. The average Bonchev–Trinajstić information content (AvgIpc) is 2.23. The lowest BCUT2D eigenvalue weighted by Gasteiger charge is -1.95. The Labute approximate surface area is 82.5 Å². The maximum absolute atomic E-state index is 10.0. The Morgan fingerprint density at radius 3 is 2.08 bits per heavy atom. The van der Waals surface area contributed by atoms with E-state index in [0.717, 1.165) is 24.7 Å². The van der Waals surface area contributed by atoms with E-state index in [2.05, 4.69) is 13.8 Å². The van der Waals surface area contributed by atoms with Gasteiger partial charge in [-0.15, -0.1) is 0 Å². The zero-order valence-electron chi connectivity index (χ0n) is 9.34. The fourth-order valence-electron chi connectivity index (χ4n) is 0.721. The largest absolute Gasteiger partial charge is 0.298 e. The average molecular weight is 182 g/mol. The van der Waals surface area contributed by atoms with Crippen LogP contribution in [-0.2, 0) is 4.79 Å². The highest BCUT2D eigenvalue weighted by Gasteiger charge is 1.91. The van der Waals surface area contributed by atoms with Gasteiger partial charge in [-0.2, -0.15) is 0 Å². The van der Waals surface area contributed by atoms with Crippen LogP contribution in [0.15, 0.2) is 23.8 Å². The molecule has 1 nitrogen and oxygen atoms in total. The molecule has 0 spiro atoms. The molecule has 0 saturated heterocycles. The van der Waals surface area contributed by atoms with Crippen molar-refractivity contribution in [1.82, 2.24) is 0 Å². The number of aldehydes is 1. The number of allylic oxidation sites excluding steroid dienone is 4. The lowest BCUT2D eigenvalue weighted by Crippen LogP contribution is -1.83. The molecule has 76 valence electrons. The van der Waals surface area contributed by atoms with Crippen molar-refractivity contribution in [1.29, 1.82) is 0 Å². The molecule has 0 radical (unpaired) electrons. The van der Waals surface area contributed by atoms with Gasteiger partial charge in [-0.05, 0) is 12.8 Å². The Morgan fingerprint density at radius 1 is 1.31 bits per heavy atom. The van der Waals surface area contributed by atoms with E-state index in [4.69, 9.17) is 0 Å². The van der Waals surface area contributed by atoms with E-state index in [1.165, 1.54) is 6.42 Å². The molecular weight excluding hydrogens is 160 g/mol. The first-order chi connectivity index (χ1) is 6.35. The second kappa shape index (κ2) is 13.7. The van der Waals surface area contributed by atoms with Gasteiger partial charge < -0.3 is 0 Å². The summed E-state index contributed by atoms with van der Waals surface area (Å²) in [5, 5.41) is 0. The third kappa shape index (κ3) is 11.1. The smallest absolute Gasteiger partial charge is 0.149 e. The van der Waals surface area contributed by atoms with Crippen molar-refractivity contribution >= 4 is 6.29 Å². The maximum Gasteiger partial charge on any atom is 0.149 e. The van der Waals surface area contributed by atoms with Crippen LogP contribution in [0.5, 0.6) is 0 Å². The first-order valence-corrected chi connectivity index (χ1v) is 5.17. The molecule has 1 aliphatic rings. The van der Waals surface area contributed by atoms with E-state index in [1.807, 2.05) is 32.1 Å². The minimum Gasteiger partial charge on any atom is -0.298 e. The van der Waals surface area contributed by atoms with Gasteiger partial charge in [-0.25, -0.2) is 0 Å². The quantitative estimate of drug-likeness (QED) is 0.562. The molecular formula is C12H22O. The molecule has 0 bridgehead atoms. The molecule has 13 heavy (non-hydrogen) atoms. The summed E-state index contributed by atoms with van der Waals surface area (Å²) in [6.45, 7) is 8.25. The summed E-state index contributed by atoms with van der Waals surface area (Å²) in [4.78, 5) is 10.0. The molecule has 0 aliphatic heterocycles. The van der Waals surface area contributed by atoms with E-state index < -0.39 is 0 Å². The van der Waals surface area contributed by atoms with E-state index >= 15 is 0 Å². The van der Waals surface area contributed by atoms with Gasteiger partial charge in [0.05, 0.1) is 0 Å². The van der Waals surface area contributed by atoms with Crippen LogP contribution in [-0.4, -0.2) is 6.29 Å². The first-order valence-electron chi connectivity index (χ1n) is 5.17. The number of hydrogen-bond donors (Lipinski definition) is 0. The highest BCUT2D eigenvalue weighted by molar-refractivity contribution is 5.77. The van der Waals surface area contributed by atoms with Gasteiger partial charge in [-0.1, -0.05) is 52.3 Å². The third-order valence-corrected chi connectivity index (χ3v) is 1.16. The standard InChI is InChI=1S/C7H8O.C3H8.C2H6/c8-6-7-4-2-1-3-5-7;1-3-2;1-2/h2,4-6H,1,3H2;3H2,1-2H3;1-2H3. The molecule has 0 fully saturated rings. The summed E-state index contributed by atoms with van der Waals surface area (Å²) in [6.07, 6.45) is 10.1. The Kier molecular flexibility index (Phi) is 15.5. The van der Waals surface area contributed by atoms with Gasteiger partial charge in [0.2, 0.25) is 0 Å². The summed E-state index contributed by atoms with van der Waals surface area (Å²) >= 11 is 0. The fourth-order valence-corrected chi connectivity index (χ4v) is 0.721. The molecule has 0 atom stereocenters. The van der Waals surface area contributed by atoms with Crippen molar-refractivity contribution in [3.63, 3.8) is 0 Å². The second-order valence-corrected chi connectivity index (χ2v) is 2.51. The van der Waals surface area contributed by atoms with Crippen molar-refractivity contribution in [2.45, 2.75) is 47.0 Å². The summed E-state index contributed by atoms with van der Waals surface area (Å²) in [5.41, 5.74) is 0.816. The fraction of sp³-hybridized carbons (Fsp3) is 0.583. The maximum atomic E-state index is 10.0. The minimum atomic E-state index is 0.816. The van der Waals surface area contributed by atoms with Gasteiger partial charge >= 0.3 is 0 Å². The van der Waals surface area contributed by atoms with Crippen LogP contribution in [0.25, 0.3) is 0 Å². The molecule has 0 aromatic heterocycles. The highest BCUT2D eigenvalue weighted by Crippen LogP contribution is 2.05. The predicted molar refractivity (Wildman–Crippen MR) is 59.8 cm³/mol. The van der Waals surface area contributed by atoms with E-state index in [1.54, 1.807) is 0 Å². The number of rotatable bonds is 1. The van der Waals surface area contributed by atoms with Crippen LogP contribution >= 0.6 is 0 Å². The third-order valence-electron chi connectivity index (χ3n) is 1.16. The highest BCUT2D eigenvalue weighted by atomic mass is 16.1. The van der Waals surface area contributed by atoms with Crippen molar-refractivity contribution < 1.29 is 4.79 Å². The monoisotopic (exact) mass is 182 g/mol. The zero-order valence-corrected chi connectivity index (χ0v) is 9.34. The van der Waals surface area contributed by atoms with Crippen molar-refractivity contribution in [3.8, 4) is 0 Å². The molecule has 1 rings (SSSR count). The lowest BCUT2D eigenvalue weighted by molar-refractivity contribution is -0.104. The molecule has 1 heteroatoms. The Hall–Kier alpha value is -0.850. The summed E-state index contributed by atoms with van der Waals surface area (Å²) < 4.78 is 0. The molecule has 1 aliphatic carbocycles. The predicted octanol–water partition coefficient (Wildman–Crippen LogP) is 3.90. The van der Waals surface area contributed by atoms with Gasteiger partial charge in [0, 0.05) is 5.57 Å². The van der Waals surface area contributed by atoms with Crippen LogP contribution in [0.1, 0.15) is 47.0 Å². The number of hydrogen-bond acceptors (Lipinski definition) is 1. The molecule has 0 aromatic rings. The number of carbonyl (C=O) groups is 1.